The fourth-order valence-electron chi connectivity index (χ4n) is 2.38. The van der Waals surface area contributed by atoms with Crippen molar-refractivity contribution in [2.75, 3.05) is 6.61 Å². The molecule has 142 valence electrons. The summed E-state index contributed by atoms with van der Waals surface area (Å²) in [5.41, 5.74) is 1.39. The molecule has 0 N–H and O–H groups in total. The number of ketones is 2. The van der Waals surface area contributed by atoms with Gasteiger partial charge in [0.1, 0.15) is 12.4 Å². The number of unbranched alkanes of at least 4 members (excludes halogenated alkanes) is 1. The number of ether oxygens (including phenoxy) is 2. The summed E-state index contributed by atoms with van der Waals surface area (Å²) in [5, 5.41) is 0. The van der Waals surface area contributed by atoms with Crippen molar-refractivity contribution >= 4 is 17.5 Å². The number of Topliss-reactive ketones (excluding diaryl/α,β-unsaturated/α-hetero) is 2. The molecule has 2 rings (SSSR count). The van der Waals surface area contributed by atoms with E-state index in [1.165, 1.54) is 6.92 Å². The minimum absolute atomic E-state index is 0.190. The maximum absolute atomic E-state index is 12.4. The van der Waals surface area contributed by atoms with Crippen LogP contribution in [0.5, 0.6) is 5.75 Å². The van der Waals surface area contributed by atoms with Crippen molar-refractivity contribution < 1.29 is 23.9 Å². The highest BCUT2D eigenvalue weighted by Gasteiger charge is 2.29. The maximum atomic E-state index is 12.4. The van der Waals surface area contributed by atoms with E-state index in [2.05, 4.69) is 0 Å². The predicted molar refractivity (Wildman–Crippen MR) is 102 cm³/mol. The van der Waals surface area contributed by atoms with Gasteiger partial charge >= 0.3 is 5.97 Å². The summed E-state index contributed by atoms with van der Waals surface area (Å²) in [6, 6.07) is 16.3. The van der Waals surface area contributed by atoms with Crippen molar-refractivity contribution in [3.63, 3.8) is 0 Å². The highest BCUT2D eigenvalue weighted by molar-refractivity contribution is 6.39. The summed E-state index contributed by atoms with van der Waals surface area (Å²) >= 11 is 0. The molecule has 0 radical (unpaired) electrons. The molecule has 0 aromatic heterocycles. The lowest BCUT2D eigenvalue weighted by Crippen LogP contribution is -2.29. The van der Waals surface area contributed by atoms with Crippen molar-refractivity contribution in [3.8, 4) is 5.75 Å². The number of benzene rings is 2. The van der Waals surface area contributed by atoms with Gasteiger partial charge in [-0.05, 0) is 43.2 Å². The molecule has 0 aliphatic rings. The van der Waals surface area contributed by atoms with Gasteiger partial charge in [-0.15, -0.1) is 0 Å². The van der Waals surface area contributed by atoms with Gasteiger partial charge < -0.3 is 9.47 Å². The summed E-state index contributed by atoms with van der Waals surface area (Å²) in [6.45, 7) is 3.99. The van der Waals surface area contributed by atoms with Crippen LogP contribution in [0.3, 0.4) is 0 Å². The fourth-order valence-corrected chi connectivity index (χ4v) is 2.38. The highest BCUT2D eigenvalue weighted by Crippen LogP contribution is 2.17. The van der Waals surface area contributed by atoms with E-state index in [1.807, 2.05) is 37.3 Å². The van der Waals surface area contributed by atoms with Crippen molar-refractivity contribution in [1.82, 2.24) is 0 Å². The third kappa shape index (κ3) is 6.06. The van der Waals surface area contributed by atoms with Gasteiger partial charge in [-0.1, -0.05) is 43.7 Å². The van der Waals surface area contributed by atoms with E-state index in [1.54, 1.807) is 24.3 Å². The molecule has 0 aliphatic carbocycles. The van der Waals surface area contributed by atoms with Crippen LogP contribution in [0.1, 0.15) is 42.6 Å². The van der Waals surface area contributed by atoms with E-state index < -0.39 is 23.5 Å². The summed E-state index contributed by atoms with van der Waals surface area (Å²) in [4.78, 5) is 36.2. The van der Waals surface area contributed by atoms with Crippen LogP contribution >= 0.6 is 0 Å². The molecule has 5 nitrogen and oxygen atoms in total. The molecule has 5 heteroatoms. The van der Waals surface area contributed by atoms with Crippen molar-refractivity contribution in [2.24, 2.45) is 5.92 Å². The lowest BCUT2D eigenvalue weighted by molar-refractivity contribution is -0.155. The number of rotatable bonds is 10. The first-order chi connectivity index (χ1) is 13.0. The lowest BCUT2D eigenvalue weighted by atomic mass is 9.95. The van der Waals surface area contributed by atoms with E-state index >= 15 is 0 Å². The van der Waals surface area contributed by atoms with Crippen LogP contribution in [-0.2, 0) is 20.9 Å². The number of hydrogen-bond acceptors (Lipinski definition) is 5. The predicted octanol–water partition coefficient (Wildman–Crippen LogP) is 4.00. The van der Waals surface area contributed by atoms with Crippen LogP contribution < -0.4 is 4.74 Å². The van der Waals surface area contributed by atoms with Crippen LogP contribution in [0.15, 0.2) is 54.6 Å². The zero-order valence-electron chi connectivity index (χ0n) is 15.6. The molecular weight excluding hydrogens is 344 g/mol. The normalized spacial score (nSPS) is 11.5. The molecule has 0 fully saturated rings. The average molecular weight is 368 g/mol. The monoisotopic (exact) mass is 368 g/mol. The highest BCUT2D eigenvalue weighted by atomic mass is 16.5. The first-order valence-electron chi connectivity index (χ1n) is 9.05. The Morgan fingerprint density at radius 3 is 2.26 bits per heavy atom. The molecule has 2 aromatic rings. The molecule has 1 atom stereocenters. The Balaban J connectivity index is 1.91. The number of carbonyl (C=O) groups excluding carboxylic acids is 3. The van der Waals surface area contributed by atoms with E-state index in [4.69, 9.17) is 9.47 Å². The largest absolute Gasteiger partial charge is 0.489 e. The molecule has 0 saturated heterocycles. The summed E-state index contributed by atoms with van der Waals surface area (Å²) in [5.74, 6) is -2.64. The second-order valence-corrected chi connectivity index (χ2v) is 6.24. The first-order valence-corrected chi connectivity index (χ1v) is 9.05. The first kappa shape index (κ1) is 20.4. The molecule has 0 saturated carbocycles. The molecular formula is C22H24O5. The Morgan fingerprint density at radius 1 is 0.963 bits per heavy atom. The Hall–Kier alpha value is -2.95. The van der Waals surface area contributed by atoms with Gasteiger partial charge in [0.05, 0.1) is 12.5 Å². The Bertz CT molecular complexity index is 765. The minimum Gasteiger partial charge on any atom is -0.489 e. The lowest BCUT2D eigenvalue weighted by Gasteiger charge is -2.10. The Labute approximate surface area is 159 Å². The van der Waals surface area contributed by atoms with E-state index in [-0.39, 0.29) is 6.61 Å². The van der Waals surface area contributed by atoms with Gasteiger partial charge in [-0.25, -0.2) is 4.79 Å². The molecule has 0 bridgehead atoms. The minimum atomic E-state index is -1.07. The van der Waals surface area contributed by atoms with Crippen LogP contribution in [0.2, 0.25) is 0 Å². The molecule has 0 amide bonds. The van der Waals surface area contributed by atoms with Crippen LogP contribution in [0, 0.1) is 5.92 Å². The number of carbonyl (C=O) groups is 3. The molecule has 0 spiro atoms. The summed E-state index contributed by atoms with van der Waals surface area (Å²) in [7, 11) is 0. The van der Waals surface area contributed by atoms with Gasteiger partial charge in [-0.2, -0.15) is 0 Å². The fraction of sp³-hybridized carbons (Fsp3) is 0.318. The molecule has 0 aliphatic heterocycles. The number of hydrogen-bond donors (Lipinski definition) is 0. The third-order valence-electron chi connectivity index (χ3n) is 4.11. The summed E-state index contributed by atoms with van der Waals surface area (Å²) < 4.78 is 10.6. The van der Waals surface area contributed by atoms with Gasteiger partial charge in [0.25, 0.3) is 5.78 Å². The van der Waals surface area contributed by atoms with Crippen LogP contribution in [-0.4, -0.2) is 24.1 Å². The quantitative estimate of drug-likeness (QED) is 0.208. The van der Waals surface area contributed by atoms with E-state index in [9.17, 15) is 14.4 Å². The van der Waals surface area contributed by atoms with E-state index in [0.29, 0.717) is 24.3 Å². The third-order valence-corrected chi connectivity index (χ3v) is 4.11. The van der Waals surface area contributed by atoms with Gasteiger partial charge in [0.15, 0.2) is 5.78 Å². The zero-order chi connectivity index (χ0) is 19.6. The molecule has 2 aromatic carbocycles. The SMILES string of the molecule is CCCCOC(=O)C(=O)C(C)C(=O)c1ccc(OCc2ccccc2)cc1. The van der Waals surface area contributed by atoms with Crippen molar-refractivity contribution in [1.29, 1.82) is 0 Å². The Kier molecular flexibility index (Phi) is 7.74. The molecule has 27 heavy (non-hydrogen) atoms. The van der Waals surface area contributed by atoms with Crippen LogP contribution in [0.4, 0.5) is 0 Å². The second kappa shape index (κ2) is 10.3. The van der Waals surface area contributed by atoms with Gasteiger partial charge in [0, 0.05) is 5.56 Å². The molecule has 0 heterocycles. The van der Waals surface area contributed by atoms with Gasteiger partial charge in [-0.3, -0.25) is 9.59 Å². The number of esters is 1. The smallest absolute Gasteiger partial charge is 0.375 e. The topological polar surface area (TPSA) is 69.7 Å². The average Bonchev–Trinajstić information content (AvgIpc) is 2.72. The van der Waals surface area contributed by atoms with Crippen LogP contribution in [0.25, 0.3) is 0 Å². The Morgan fingerprint density at radius 2 is 1.63 bits per heavy atom. The van der Waals surface area contributed by atoms with E-state index in [0.717, 1.165) is 12.0 Å². The van der Waals surface area contributed by atoms with Crippen molar-refractivity contribution in [3.05, 3.63) is 65.7 Å². The zero-order valence-corrected chi connectivity index (χ0v) is 15.6. The maximum Gasteiger partial charge on any atom is 0.375 e. The van der Waals surface area contributed by atoms with Gasteiger partial charge in [0.2, 0.25) is 0 Å². The standard InChI is InChI=1S/C22H24O5/c1-3-4-14-26-22(25)21(24)16(2)20(23)18-10-12-19(13-11-18)27-15-17-8-6-5-7-9-17/h5-13,16H,3-4,14-15H2,1-2H3. The second-order valence-electron chi connectivity index (χ2n) is 6.24. The molecule has 1 unspecified atom stereocenters. The van der Waals surface area contributed by atoms with Crippen molar-refractivity contribution in [2.45, 2.75) is 33.3 Å². The summed E-state index contributed by atoms with van der Waals surface area (Å²) in [6.07, 6.45) is 1.54.